The van der Waals surface area contributed by atoms with Crippen LogP contribution in [0.1, 0.15) is 38.5 Å². The van der Waals surface area contributed by atoms with Gasteiger partial charge in [0.2, 0.25) is 5.91 Å². The van der Waals surface area contributed by atoms with Crippen molar-refractivity contribution in [1.29, 1.82) is 0 Å². The number of halogens is 2. The predicted octanol–water partition coefficient (Wildman–Crippen LogP) is 4.14. The summed E-state index contributed by atoms with van der Waals surface area (Å²) in [7, 11) is 0. The highest BCUT2D eigenvalue weighted by molar-refractivity contribution is 6.42. The molecule has 1 aliphatic heterocycles. The molecular weight excluding hydrogens is 311 g/mol. The molecule has 3 rings (SSSR count). The molecule has 1 aliphatic carbocycles. The molecule has 112 valence electrons. The van der Waals surface area contributed by atoms with Gasteiger partial charge in [0.1, 0.15) is 0 Å². The second-order valence-corrected chi connectivity index (χ2v) is 6.59. The maximum atomic E-state index is 12.5. The van der Waals surface area contributed by atoms with Gasteiger partial charge >= 0.3 is 6.03 Å². The minimum Gasteiger partial charge on any atom is -0.331 e. The van der Waals surface area contributed by atoms with Crippen molar-refractivity contribution in [2.24, 2.45) is 0 Å². The van der Waals surface area contributed by atoms with Crippen molar-refractivity contribution < 1.29 is 9.59 Å². The van der Waals surface area contributed by atoms with E-state index in [4.69, 9.17) is 23.2 Å². The Labute approximate surface area is 133 Å². The first-order chi connectivity index (χ1) is 10.0. The number of carbonyl (C=O) groups is 2. The predicted molar refractivity (Wildman–Crippen MR) is 82.9 cm³/mol. The summed E-state index contributed by atoms with van der Waals surface area (Å²) < 4.78 is 0. The van der Waals surface area contributed by atoms with Crippen LogP contribution in [-0.4, -0.2) is 17.5 Å². The Morgan fingerprint density at radius 1 is 1.05 bits per heavy atom. The van der Waals surface area contributed by atoms with Crippen molar-refractivity contribution in [1.82, 2.24) is 5.32 Å². The van der Waals surface area contributed by atoms with E-state index in [0.29, 0.717) is 22.2 Å². The van der Waals surface area contributed by atoms with Crippen LogP contribution in [0.3, 0.4) is 0 Å². The molecule has 1 saturated carbocycles. The van der Waals surface area contributed by atoms with Crippen LogP contribution < -0.4 is 10.2 Å². The van der Waals surface area contributed by atoms with Gasteiger partial charge in [-0.1, -0.05) is 42.5 Å². The normalized spacial score (nSPS) is 21.5. The number of hydrogen-bond acceptors (Lipinski definition) is 2. The van der Waals surface area contributed by atoms with Crippen LogP contribution in [0.25, 0.3) is 0 Å². The molecule has 6 heteroatoms. The van der Waals surface area contributed by atoms with Crippen LogP contribution in [0, 0.1) is 0 Å². The Hall–Kier alpha value is -1.26. The zero-order chi connectivity index (χ0) is 15.0. The van der Waals surface area contributed by atoms with Gasteiger partial charge in [0.05, 0.1) is 27.7 Å². The van der Waals surface area contributed by atoms with E-state index >= 15 is 0 Å². The number of anilines is 1. The monoisotopic (exact) mass is 326 g/mol. The zero-order valence-corrected chi connectivity index (χ0v) is 13.0. The number of carbonyl (C=O) groups excluding carboxylic acids is 2. The van der Waals surface area contributed by atoms with Gasteiger partial charge in [-0.15, -0.1) is 0 Å². The fourth-order valence-electron chi connectivity index (χ4n) is 3.22. The Morgan fingerprint density at radius 3 is 2.38 bits per heavy atom. The van der Waals surface area contributed by atoms with Gasteiger partial charge in [-0.25, -0.2) is 9.69 Å². The summed E-state index contributed by atoms with van der Waals surface area (Å²) in [4.78, 5) is 26.0. The fraction of sp³-hybridized carbons (Fsp3) is 0.467. The van der Waals surface area contributed by atoms with Gasteiger partial charge in [-0.05, 0) is 31.0 Å². The molecule has 2 fully saturated rings. The topological polar surface area (TPSA) is 49.4 Å². The first-order valence-corrected chi connectivity index (χ1v) is 7.87. The van der Waals surface area contributed by atoms with E-state index in [1.165, 1.54) is 6.42 Å². The molecule has 0 bridgehead atoms. The molecule has 2 aliphatic rings. The summed E-state index contributed by atoms with van der Waals surface area (Å²) in [5.74, 6) is -0.181. The molecule has 4 nitrogen and oxygen atoms in total. The molecule has 0 unspecified atom stereocenters. The average Bonchev–Trinajstić information content (AvgIpc) is 2.42. The molecule has 1 saturated heterocycles. The molecular formula is C15H16Cl2N2O2. The Bertz CT molecular complexity index is 577. The van der Waals surface area contributed by atoms with Crippen molar-refractivity contribution >= 4 is 40.8 Å². The molecule has 0 aromatic heterocycles. The van der Waals surface area contributed by atoms with Gasteiger partial charge < -0.3 is 5.32 Å². The van der Waals surface area contributed by atoms with E-state index in [-0.39, 0.29) is 17.5 Å². The standard InChI is InChI=1S/C15H16Cl2N2O2/c16-11-5-4-10(8-12(11)17)19-13(20)9-15(18-14(19)21)6-2-1-3-7-15/h4-5,8H,1-3,6-7,9H2,(H,18,21). The summed E-state index contributed by atoms with van der Waals surface area (Å²) in [6.07, 6.45) is 5.38. The van der Waals surface area contributed by atoms with Crippen molar-refractivity contribution in [3.8, 4) is 0 Å². The lowest BCUT2D eigenvalue weighted by Crippen LogP contribution is -2.62. The van der Waals surface area contributed by atoms with E-state index in [9.17, 15) is 9.59 Å². The average molecular weight is 327 g/mol. The first kappa shape index (κ1) is 14.7. The van der Waals surface area contributed by atoms with E-state index in [2.05, 4.69) is 5.32 Å². The quantitative estimate of drug-likeness (QED) is 0.843. The van der Waals surface area contributed by atoms with E-state index < -0.39 is 0 Å². The van der Waals surface area contributed by atoms with Crippen LogP contribution >= 0.6 is 23.2 Å². The molecule has 1 aromatic carbocycles. The summed E-state index contributed by atoms with van der Waals surface area (Å²) >= 11 is 11.8. The number of imide groups is 1. The molecule has 0 radical (unpaired) electrons. The van der Waals surface area contributed by atoms with Crippen LogP contribution in [0.2, 0.25) is 10.0 Å². The number of benzene rings is 1. The summed E-state index contributed by atoms with van der Waals surface area (Å²) in [6.45, 7) is 0. The van der Waals surface area contributed by atoms with Gasteiger partial charge in [0.15, 0.2) is 0 Å². The van der Waals surface area contributed by atoms with Crippen molar-refractivity contribution in [2.75, 3.05) is 4.90 Å². The maximum absolute atomic E-state index is 12.5. The minimum absolute atomic E-state index is 0.181. The van der Waals surface area contributed by atoms with Gasteiger partial charge in [-0.3, -0.25) is 4.79 Å². The first-order valence-electron chi connectivity index (χ1n) is 7.11. The van der Waals surface area contributed by atoms with E-state index in [0.717, 1.165) is 30.6 Å². The number of amides is 3. The number of rotatable bonds is 1. The third kappa shape index (κ3) is 2.74. The summed E-state index contributed by atoms with van der Waals surface area (Å²) in [5.41, 5.74) is 0.108. The number of nitrogens with zero attached hydrogens (tertiary/aromatic N) is 1. The van der Waals surface area contributed by atoms with Crippen molar-refractivity contribution in [3.63, 3.8) is 0 Å². The molecule has 1 spiro atoms. The number of hydrogen-bond donors (Lipinski definition) is 1. The fourth-order valence-corrected chi connectivity index (χ4v) is 3.52. The lowest BCUT2D eigenvalue weighted by molar-refractivity contribution is -0.120. The van der Waals surface area contributed by atoms with Crippen LogP contribution in [0.5, 0.6) is 0 Å². The smallest absolute Gasteiger partial charge is 0.329 e. The second-order valence-electron chi connectivity index (χ2n) is 5.78. The maximum Gasteiger partial charge on any atom is 0.329 e. The van der Waals surface area contributed by atoms with Gasteiger partial charge in [-0.2, -0.15) is 0 Å². The molecule has 3 amide bonds. The zero-order valence-electron chi connectivity index (χ0n) is 11.5. The number of urea groups is 1. The molecule has 1 aromatic rings. The molecule has 0 atom stereocenters. The Kier molecular flexibility index (Phi) is 3.84. The Morgan fingerprint density at radius 2 is 1.76 bits per heavy atom. The molecule has 21 heavy (non-hydrogen) atoms. The van der Waals surface area contributed by atoms with Gasteiger partial charge in [0.25, 0.3) is 0 Å². The molecule has 1 heterocycles. The highest BCUT2D eigenvalue weighted by atomic mass is 35.5. The van der Waals surface area contributed by atoms with Crippen molar-refractivity contribution in [2.45, 2.75) is 44.1 Å². The summed E-state index contributed by atoms with van der Waals surface area (Å²) in [5, 5.41) is 3.76. The Balaban J connectivity index is 1.86. The third-order valence-corrected chi connectivity index (χ3v) is 5.03. The van der Waals surface area contributed by atoms with Gasteiger partial charge in [0, 0.05) is 0 Å². The van der Waals surface area contributed by atoms with Crippen LogP contribution in [0.4, 0.5) is 10.5 Å². The SMILES string of the molecule is O=C1CC2(CCCCC2)NC(=O)N1c1ccc(Cl)c(Cl)c1. The van der Waals surface area contributed by atoms with Crippen LogP contribution in [0.15, 0.2) is 18.2 Å². The van der Waals surface area contributed by atoms with E-state index in [1.807, 2.05) is 0 Å². The minimum atomic E-state index is -0.369. The van der Waals surface area contributed by atoms with Crippen LogP contribution in [-0.2, 0) is 4.79 Å². The third-order valence-electron chi connectivity index (χ3n) is 4.29. The second kappa shape index (κ2) is 5.50. The van der Waals surface area contributed by atoms with Crippen molar-refractivity contribution in [3.05, 3.63) is 28.2 Å². The number of nitrogens with one attached hydrogen (secondary N) is 1. The molecule has 1 N–H and O–H groups in total. The largest absolute Gasteiger partial charge is 0.331 e. The highest BCUT2D eigenvalue weighted by Crippen LogP contribution is 2.36. The highest BCUT2D eigenvalue weighted by Gasteiger charge is 2.44. The lowest BCUT2D eigenvalue weighted by Gasteiger charge is -2.43. The lowest BCUT2D eigenvalue weighted by atomic mass is 9.78. The summed E-state index contributed by atoms with van der Waals surface area (Å²) in [6, 6.07) is 4.39. The van der Waals surface area contributed by atoms with E-state index in [1.54, 1.807) is 18.2 Å².